The van der Waals surface area contributed by atoms with E-state index in [0.29, 0.717) is 48.6 Å². The molecule has 0 radical (unpaired) electrons. The molecular weight excluding hydrogens is 445 g/mol. The molecule has 1 fully saturated rings. The summed E-state index contributed by atoms with van der Waals surface area (Å²) in [6.07, 6.45) is 4.24. The molecule has 1 aromatic carbocycles. The molecule has 0 saturated heterocycles. The van der Waals surface area contributed by atoms with Crippen LogP contribution in [0.25, 0.3) is 0 Å². The largest absolute Gasteiger partial charge is 0.490 e. The molecule has 3 aromatic rings. The molecule has 1 saturated carbocycles. The van der Waals surface area contributed by atoms with Crippen molar-refractivity contribution >= 4 is 11.7 Å². The minimum absolute atomic E-state index is 0.244. The van der Waals surface area contributed by atoms with Crippen molar-refractivity contribution in [2.45, 2.75) is 45.4 Å². The van der Waals surface area contributed by atoms with Crippen molar-refractivity contribution in [1.29, 1.82) is 0 Å². The normalized spacial score (nSPS) is 19.1. The molecule has 1 N–H and O–H groups in total. The van der Waals surface area contributed by atoms with Crippen LogP contribution in [0.2, 0.25) is 0 Å². The number of benzene rings is 1. The second-order valence-electron chi connectivity index (χ2n) is 8.67. The van der Waals surface area contributed by atoms with Crippen molar-refractivity contribution in [3.8, 4) is 5.75 Å². The van der Waals surface area contributed by atoms with Gasteiger partial charge in [-0.15, -0.1) is 0 Å². The average molecular weight is 470 g/mol. The molecule has 2 aromatic heterocycles. The van der Waals surface area contributed by atoms with Gasteiger partial charge in [0.15, 0.2) is 17.4 Å². The zero-order valence-electron chi connectivity index (χ0n) is 19.2. The number of aromatic nitrogens is 3. The number of rotatable bonds is 8. The third-order valence-corrected chi connectivity index (χ3v) is 6.26. The summed E-state index contributed by atoms with van der Waals surface area (Å²) < 4.78 is 46.9. The highest BCUT2D eigenvalue weighted by Crippen LogP contribution is 2.58. The first-order chi connectivity index (χ1) is 16.2. The van der Waals surface area contributed by atoms with Gasteiger partial charge in [0, 0.05) is 11.3 Å². The van der Waals surface area contributed by atoms with Crippen LogP contribution in [0.3, 0.4) is 0 Å². The maximum absolute atomic E-state index is 14.0. The maximum Gasteiger partial charge on any atom is 0.229 e. The summed E-state index contributed by atoms with van der Waals surface area (Å²) in [5.74, 6) is -1.65. The standard InChI is InChI=1S/C25H25F3N4O2/c1-14-9-23(30-12-21(14)28)32-24(33)18-11-25(18,17-5-6-19(26)20(27)10-17)7-4-8-34-22-13-29-16(3)31-15(22)2/h5-6,9-10,12-13,18H,4,7-8,11H2,1-3H3,(H,30,32,33)/t18-,25-/m0/s1. The van der Waals surface area contributed by atoms with Crippen LogP contribution in [-0.2, 0) is 10.2 Å². The number of anilines is 1. The molecule has 178 valence electrons. The fraction of sp³-hybridized carbons (Fsp3) is 0.360. The van der Waals surface area contributed by atoms with Gasteiger partial charge in [-0.1, -0.05) is 6.07 Å². The first kappa shape index (κ1) is 23.7. The van der Waals surface area contributed by atoms with Crippen molar-refractivity contribution in [2.75, 3.05) is 11.9 Å². The van der Waals surface area contributed by atoms with Gasteiger partial charge in [0.2, 0.25) is 5.91 Å². The number of aryl methyl sites for hydroxylation is 3. The van der Waals surface area contributed by atoms with E-state index in [1.807, 2.05) is 6.92 Å². The Hall–Kier alpha value is -3.49. The van der Waals surface area contributed by atoms with Crippen LogP contribution in [-0.4, -0.2) is 27.5 Å². The van der Waals surface area contributed by atoms with Crippen LogP contribution in [0.5, 0.6) is 5.75 Å². The summed E-state index contributed by atoms with van der Waals surface area (Å²) in [7, 11) is 0. The van der Waals surface area contributed by atoms with Gasteiger partial charge in [-0.3, -0.25) is 4.79 Å². The monoisotopic (exact) mass is 470 g/mol. The summed E-state index contributed by atoms with van der Waals surface area (Å²) in [6.45, 7) is 5.56. The fourth-order valence-electron chi connectivity index (χ4n) is 4.30. The SMILES string of the molecule is Cc1ncc(OCCC[C@@]2(c3ccc(F)c(F)c3)C[C@H]2C(=O)Nc2cc(C)c(F)cn2)c(C)n1. The molecule has 2 heterocycles. The fourth-order valence-corrected chi connectivity index (χ4v) is 4.30. The van der Waals surface area contributed by atoms with E-state index < -0.39 is 28.8 Å². The highest BCUT2D eigenvalue weighted by molar-refractivity contribution is 5.95. The number of halogens is 3. The van der Waals surface area contributed by atoms with Crippen molar-refractivity contribution in [2.24, 2.45) is 5.92 Å². The van der Waals surface area contributed by atoms with E-state index in [9.17, 15) is 18.0 Å². The Bertz CT molecular complexity index is 1240. The third kappa shape index (κ3) is 4.88. The predicted octanol–water partition coefficient (Wildman–Crippen LogP) is 4.97. The second kappa shape index (κ2) is 9.40. The van der Waals surface area contributed by atoms with Gasteiger partial charge in [-0.05, 0) is 69.4 Å². The first-order valence-corrected chi connectivity index (χ1v) is 11.0. The average Bonchev–Trinajstić information content (AvgIpc) is 3.53. The Labute approximate surface area is 195 Å². The smallest absolute Gasteiger partial charge is 0.229 e. The molecule has 9 heteroatoms. The highest BCUT2D eigenvalue weighted by atomic mass is 19.2. The molecule has 0 bridgehead atoms. The lowest BCUT2D eigenvalue weighted by molar-refractivity contribution is -0.117. The van der Waals surface area contributed by atoms with Crippen molar-refractivity contribution in [3.63, 3.8) is 0 Å². The lowest BCUT2D eigenvalue weighted by Crippen LogP contribution is -2.22. The topological polar surface area (TPSA) is 77.0 Å². The van der Waals surface area contributed by atoms with Crippen molar-refractivity contribution in [1.82, 2.24) is 15.0 Å². The second-order valence-corrected chi connectivity index (χ2v) is 8.67. The minimum atomic E-state index is -0.956. The van der Waals surface area contributed by atoms with Gasteiger partial charge in [0.05, 0.1) is 24.7 Å². The van der Waals surface area contributed by atoms with Gasteiger partial charge < -0.3 is 10.1 Å². The Kier molecular flexibility index (Phi) is 6.54. The number of hydrogen-bond acceptors (Lipinski definition) is 5. The minimum Gasteiger partial charge on any atom is -0.490 e. The quantitative estimate of drug-likeness (QED) is 0.471. The first-order valence-electron chi connectivity index (χ1n) is 11.0. The molecule has 0 unspecified atom stereocenters. The van der Waals surface area contributed by atoms with Gasteiger partial charge in [-0.25, -0.2) is 28.1 Å². The van der Waals surface area contributed by atoms with E-state index in [-0.39, 0.29) is 11.7 Å². The Morgan fingerprint density at radius 3 is 2.59 bits per heavy atom. The summed E-state index contributed by atoms with van der Waals surface area (Å²) in [5, 5.41) is 2.72. The number of carbonyl (C=O) groups is 1. The van der Waals surface area contributed by atoms with E-state index in [2.05, 4.69) is 20.3 Å². The molecule has 4 rings (SSSR count). The Balaban J connectivity index is 1.47. The molecule has 1 amide bonds. The van der Waals surface area contributed by atoms with Crippen molar-refractivity contribution in [3.05, 3.63) is 76.8 Å². The molecule has 0 spiro atoms. The van der Waals surface area contributed by atoms with Crippen LogP contribution < -0.4 is 10.1 Å². The number of nitrogens with zero attached hydrogens (tertiary/aromatic N) is 3. The van der Waals surface area contributed by atoms with Crippen LogP contribution in [0.4, 0.5) is 19.0 Å². The van der Waals surface area contributed by atoms with Crippen LogP contribution in [0, 0.1) is 44.1 Å². The summed E-state index contributed by atoms with van der Waals surface area (Å²) in [4.78, 5) is 25.3. The summed E-state index contributed by atoms with van der Waals surface area (Å²) in [5.41, 5.74) is 0.995. The zero-order valence-corrected chi connectivity index (χ0v) is 19.2. The summed E-state index contributed by atoms with van der Waals surface area (Å²) >= 11 is 0. The van der Waals surface area contributed by atoms with E-state index in [1.54, 1.807) is 20.0 Å². The number of hydrogen-bond donors (Lipinski definition) is 1. The summed E-state index contributed by atoms with van der Waals surface area (Å²) in [6, 6.07) is 5.20. The van der Waals surface area contributed by atoms with Crippen molar-refractivity contribution < 1.29 is 22.7 Å². The Morgan fingerprint density at radius 1 is 1.09 bits per heavy atom. The van der Waals surface area contributed by atoms with E-state index in [4.69, 9.17) is 4.74 Å². The lowest BCUT2D eigenvalue weighted by atomic mass is 9.88. The van der Waals surface area contributed by atoms with Gasteiger partial charge in [0.1, 0.15) is 17.5 Å². The molecule has 1 aliphatic carbocycles. The van der Waals surface area contributed by atoms with Gasteiger partial charge >= 0.3 is 0 Å². The van der Waals surface area contributed by atoms with Gasteiger partial charge in [0.25, 0.3) is 0 Å². The third-order valence-electron chi connectivity index (χ3n) is 6.26. The molecular formula is C25H25F3N4O2. The zero-order chi connectivity index (χ0) is 24.5. The van der Waals surface area contributed by atoms with Crippen LogP contribution in [0.15, 0.2) is 36.7 Å². The predicted molar refractivity (Wildman–Crippen MR) is 120 cm³/mol. The van der Waals surface area contributed by atoms with E-state index >= 15 is 0 Å². The van der Waals surface area contributed by atoms with Crippen LogP contribution >= 0.6 is 0 Å². The Morgan fingerprint density at radius 2 is 1.88 bits per heavy atom. The number of pyridine rings is 1. The molecule has 6 nitrogen and oxygen atoms in total. The molecule has 34 heavy (non-hydrogen) atoms. The lowest BCUT2D eigenvalue weighted by Gasteiger charge is -2.19. The molecule has 1 aliphatic rings. The van der Waals surface area contributed by atoms with E-state index in [1.165, 1.54) is 12.1 Å². The maximum atomic E-state index is 14.0. The highest BCUT2D eigenvalue weighted by Gasteiger charge is 2.58. The van der Waals surface area contributed by atoms with Gasteiger partial charge in [-0.2, -0.15) is 0 Å². The number of ether oxygens (including phenoxy) is 1. The number of amides is 1. The molecule has 0 aliphatic heterocycles. The van der Waals surface area contributed by atoms with E-state index in [0.717, 1.165) is 24.0 Å². The van der Waals surface area contributed by atoms with Crippen LogP contribution in [0.1, 0.15) is 41.9 Å². The number of carbonyl (C=O) groups excluding carboxylic acids is 1. The number of nitrogens with one attached hydrogen (secondary N) is 1. The molecule has 2 atom stereocenters.